The van der Waals surface area contributed by atoms with E-state index in [0.29, 0.717) is 5.69 Å². The number of hydrogen-bond acceptors (Lipinski definition) is 4. The summed E-state index contributed by atoms with van der Waals surface area (Å²) in [6, 6.07) is 1.75. The zero-order valence-electron chi connectivity index (χ0n) is 8.24. The molecule has 0 bridgehead atoms. The molecule has 3 N–H and O–H groups in total. The molecule has 0 aliphatic carbocycles. The van der Waals surface area contributed by atoms with Crippen LogP contribution in [0, 0.1) is 0 Å². The summed E-state index contributed by atoms with van der Waals surface area (Å²) in [4.78, 5) is 0. The lowest BCUT2D eigenvalue weighted by atomic mass is 9.93. The van der Waals surface area contributed by atoms with Gasteiger partial charge in [-0.3, -0.25) is 0 Å². The Morgan fingerprint density at radius 1 is 1.62 bits per heavy atom. The second-order valence-electron chi connectivity index (χ2n) is 4.12. The largest absolute Gasteiger partial charge is 0.385 e. The smallest absolute Gasteiger partial charge is 0.142 e. The van der Waals surface area contributed by atoms with Crippen LogP contribution in [0.5, 0.6) is 0 Å². The minimum absolute atomic E-state index is 0.0838. The van der Waals surface area contributed by atoms with Crippen LogP contribution in [-0.2, 0) is 5.41 Å². The first kappa shape index (κ1) is 10.2. The summed E-state index contributed by atoms with van der Waals surface area (Å²) in [5.74, 6) is 0.759. The van der Waals surface area contributed by atoms with Crippen molar-refractivity contribution < 1.29 is 9.63 Å². The van der Waals surface area contributed by atoms with E-state index in [1.165, 1.54) is 0 Å². The predicted octanol–water partition coefficient (Wildman–Crippen LogP) is 0.964. The van der Waals surface area contributed by atoms with Gasteiger partial charge in [-0.2, -0.15) is 0 Å². The van der Waals surface area contributed by atoms with Crippen LogP contribution in [0.4, 0.5) is 0 Å². The van der Waals surface area contributed by atoms with Gasteiger partial charge < -0.3 is 15.4 Å². The minimum atomic E-state index is -0.722. The van der Waals surface area contributed by atoms with Crippen LogP contribution in [0.25, 0.3) is 0 Å². The molecule has 1 aromatic rings. The Hall–Kier alpha value is -0.870. The predicted molar refractivity (Wildman–Crippen MR) is 49.2 cm³/mol. The third-order valence-corrected chi connectivity index (χ3v) is 1.83. The minimum Gasteiger partial charge on any atom is -0.385 e. The van der Waals surface area contributed by atoms with Gasteiger partial charge in [-0.15, -0.1) is 0 Å². The summed E-state index contributed by atoms with van der Waals surface area (Å²) < 4.78 is 5.09. The van der Waals surface area contributed by atoms with Crippen molar-refractivity contribution >= 4 is 0 Å². The summed E-state index contributed by atoms with van der Waals surface area (Å²) >= 11 is 0. The van der Waals surface area contributed by atoms with Crippen molar-refractivity contribution in [2.75, 3.05) is 6.54 Å². The zero-order chi connectivity index (χ0) is 10.1. The first-order valence-corrected chi connectivity index (χ1v) is 4.30. The van der Waals surface area contributed by atoms with E-state index < -0.39 is 6.10 Å². The number of rotatable bonds is 2. The first-order chi connectivity index (χ1) is 5.95. The Bertz CT molecular complexity index is 275. The van der Waals surface area contributed by atoms with E-state index in [9.17, 15) is 5.11 Å². The molecule has 74 valence electrons. The molecule has 0 fully saturated rings. The molecule has 0 radical (unpaired) electrons. The quantitative estimate of drug-likeness (QED) is 0.718. The lowest BCUT2D eigenvalue weighted by Crippen LogP contribution is -2.12. The molecular weight excluding hydrogens is 168 g/mol. The fourth-order valence-electron chi connectivity index (χ4n) is 0.920. The van der Waals surface area contributed by atoms with Crippen LogP contribution in [0.3, 0.4) is 0 Å². The van der Waals surface area contributed by atoms with Crippen molar-refractivity contribution in [2.45, 2.75) is 32.3 Å². The van der Waals surface area contributed by atoms with E-state index in [4.69, 9.17) is 10.3 Å². The molecule has 1 atom stereocenters. The highest BCUT2D eigenvalue weighted by molar-refractivity contribution is 5.14. The fraction of sp³-hybridized carbons (Fsp3) is 0.667. The van der Waals surface area contributed by atoms with Gasteiger partial charge in [0.25, 0.3) is 0 Å². The van der Waals surface area contributed by atoms with Crippen molar-refractivity contribution in [1.29, 1.82) is 0 Å². The normalized spacial score (nSPS) is 14.5. The lowest BCUT2D eigenvalue weighted by Gasteiger charge is -2.12. The average Bonchev–Trinajstić information content (AvgIpc) is 2.50. The Kier molecular flexibility index (Phi) is 2.73. The van der Waals surface area contributed by atoms with E-state index in [1.54, 1.807) is 6.07 Å². The number of aliphatic hydroxyl groups is 1. The van der Waals surface area contributed by atoms with E-state index in [0.717, 1.165) is 5.76 Å². The standard InChI is InChI=1S/C9H16N2O2/c1-9(2,3)8-4-6(11-13-8)7(12)5-10/h4,7,12H,5,10H2,1-3H3. The third kappa shape index (κ3) is 2.29. The van der Waals surface area contributed by atoms with Crippen molar-refractivity contribution in [2.24, 2.45) is 5.73 Å². The maximum absolute atomic E-state index is 9.36. The van der Waals surface area contributed by atoms with Crippen molar-refractivity contribution in [3.05, 3.63) is 17.5 Å². The number of hydrogen-bond donors (Lipinski definition) is 2. The van der Waals surface area contributed by atoms with Gasteiger partial charge in [0.2, 0.25) is 0 Å². The van der Waals surface area contributed by atoms with Gasteiger partial charge >= 0.3 is 0 Å². The molecule has 1 heterocycles. The highest BCUT2D eigenvalue weighted by Gasteiger charge is 2.21. The van der Waals surface area contributed by atoms with E-state index in [1.807, 2.05) is 20.8 Å². The maximum Gasteiger partial charge on any atom is 0.142 e. The fourth-order valence-corrected chi connectivity index (χ4v) is 0.920. The summed E-state index contributed by atoms with van der Waals surface area (Å²) in [6.07, 6.45) is -0.722. The number of nitrogens with zero attached hydrogens (tertiary/aromatic N) is 1. The average molecular weight is 184 g/mol. The van der Waals surface area contributed by atoms with Gasteiger partial charge in [0, 0.05) is 18.0 Å². The number of aromatic nitrogens is 1. The maximum atomic E-state index is 9.36. The van der Waals surface area contributed by atoms with Crippen LogP contribution in [0.15, 0.2) is 10.6 Å². The highest BCUT2D eigenvalue weighted by atomic mass is 16.5. The van der Waals surface area contributed by atoms with E-state index in [2.05, 4.69) is 5.16 Å². The molecule has 0 aliphatic heterocycles. The topological polar surface area (TPSA) is 72.3 Å². The molecule has 1 rings (SSSR count). The number of nitrogens with two attached hydrogens (primary N) is 1. The van der Waals surface area contributed by atoms with E-state index in [-0.39, 0.29) is 12.0 Å². The van der Waals surface area contributed by atoms with Gasteiger partial charge in [0.05, 0.1) is 0 Å². The molecule has 0 saturated heterocycles. The molecule has 0 amide bonds. The molecule has 4 heteroatoms. The molecule has 0 aliphatic rings. The molecule has 0 spiro atoms. The molecule has 1 unspecified atom stereocenters. The second kappa shape index (κ2) is 3.47. The van der Waals surface area contributed by atoms with Crippen molar-refractivity contribution in [3.8, 4) is 0 Å². The summed E-state index contributed by atoms with van der Waals surface area (Å²) in [7, 11) is 0. The number of aliphatic hydroxyl groups excluding tert-OH is 1. The van der Waals surface area contributed by atoms with Gasteiger partial charge in [-0.05, 0) is 0 Å². The Labute approximate surface area is 77.7 Å². The molecule has 0 aromatic carbocycles. The Morgan fingerprint density at radius 2 is 2.23 bits per heavy atom. The van der Waals surface area contributed by atoms with Crippen LogP contribution in [0.2, 0.25) is 0 Å². The molecule has 13 heavy (non-hydrogen) atoms. The van der Waals surface area contributed by atoms with Crippen molar-refractivity contribution in [1.82, 2.24) is 5.16 Å². The van der Waals surface area contributed by atoms with Crippen LogP contribution < -0.4 is 5.73 Å². The van der Waals surface area contributed by atoms with Gasteiger partial charge in [0.1, 0.15) is 17.6 Å². The monoisotopic (exact) mass is 184 g/mol. The molecule has 0 saturated carbocycles. The summed E-state index contributed by atoms with van der Waals surface area (Å²) in [5, 5.41) is 13.1. The van der Waals surface area contributed by atoms with E-state index >= 15 is 0 Å². The molecular formula is C9H16N2O2. The van der Waals surface area contributed by atoms with Gasteiger partial charge in [0.15, 0.2) is 0 Å². The van der Waals surface area contributed by atoms with Gasteiger partial charge in [-0.25, -0.2) is 0 Å². The molecule has 4 nitrogen and oxygen atoms in total. The van der Waals surface area contributed by atoms with Crippen LogP contribution >= 0.6 is 0 Å². The Balaban J connectivity index is 2.87. The highest BCUT2D eigenvalue weighted by Crippen LogP contribution is 2.24. The zero-order valence-corrected chi connectivity index (χ0v) is 8.24. The van der Waals surface area contributed by atoms with Crippen molar-refractivity contribution in [3.63, 3.8) is 0 Å². The third-order valence-electron chi connectivity index (χ3n) is 1.83. The van der Waals surface area contributed by atoms with Crippen LogP contribution in [-0.4, -0.2) is 16.8 Å². The van der Waals surface area contributed by atoms with Crippen LogP contribution in [0.1, 0.15) is 38.3 Å². The first-order valence-electron chi connectivity index (χ1n) is 4.30. The molecule has 1 aromatic heterocycles. The Morgan fingerprint density at radius 3 is 2.62 bits per heavy atom. The summed E-state index contributed by atoms with van der Waals surface area (Å²) in [5.41, 5.74) is 5.71. The summed E-state index contributed by atoms with van der Waals surface area (Å²) in [6.45, 7) is 6.22. The lowest BCUT2D eigenvalue weighted by molar-refractivity contribution is 0.175. The van der Waals surface area contributed by atoms with Gasteiger partial charge in [-0.1, -0.05) is 25.9 Å². The SMILES string of the molecule is CC(C)(C)c1cc(C(O)CN)no1. The second-order valence-corrected chi connectivity index (χ2v) is 4.12.